The minimum absolute atomic E-state index is 0.0905. The first-order valence-electron chi connectivity index (χ1n) is 7.67. The van der Waals surface area contributed by atoms with Crippen LogP contribution in [0.25, 0.3) is 0 Å². The monoisotopic (exact) mass is 294 g/mol. The van der Waals surface area contributed by atoms with E-state index < -0.39 is 0 Å². The lowest BCUT2D eigenvalue weighted by Crippen LogP contribution is -2.44. The van der Waals surface area contributed by atoms with Gasteiger partial charge in [0.25, 0.3) is 0 Å². The maximum Gasteiger partial charge on any atom is 0.236 e. The van der Waals surface area contributed by atoms with Crippen molar-refractivity contribution in [1.82, 2.24) is 19.6 Å². The molecule has 0 spiro atoms. The Balaban J connectivity index is 1.88. The van der Waals surface area contributed by atoms with Gasteiger partial charge in [-0.1, -0.05) is 0 Å². The van der Waals surface area contributed by atoms with E-state index >= 15 is 0 Å². The summed E-state index contributed by atoms with van der Waals surface area (Å²) in [5.41, 5.74) is 2.21. The number of β-amino-alcohol motifs (C(OH)–C–C–N with tert-alkyl or cyclic N) is 1. The number of hydrogen-bond acceptors (Lipinski definition) is 4. The molecule has 1 aliphatic rings. The molecule has 1 N–H and O–H groups in total. The first-order chi connectivity index (χ1) is 10.0. The van der Waals surface area contributed by atoms with E-state index in [-0.39, 0.29) is 12.0 Å². The fourth-order valence-electron chi connectivity index (χ4n) is 2.79. The molecular weight excluding hydrogens is 268 g/mol. The molecule has 0 bridgehead atoms. The van der Waals surface area contributed by atoms with E-state index in [9.17, 15) is 9.90 Å². The smallest absolute Gasteiger partial charge is 0.236 e. The van der Waals surface area contributed by atoms with Gasteiger partial charge in [0, 0.05) is 37.9 Å². The molecule has 1 atom stereocenters. The highest BCUT2D eigenvalue weighted by Gasteiger charge is 2.21. The summed E-state index contributed by atoms with van der Waals surface area (Å²) in [5.74, 6) is 0.0905. The van der Waals surface area contributed by atoms with E-state index in [4.69, 9.17) is 0 Å². The van der Waals surface area contributed by atoms with E-state index in [1.165, 1.54) is 0 Å². The van der Waals surface area contributed by atoms with Gasteiger partial charge in [0.2, 0.25) is 5.91 Å². The first-order valence-corrected chi connectivity index (χ1v) is 7.67. The van der Waals surface area contributed by atoms with Crippen LogP contribution in [0.5, 0.6) is 0 Å². The van der Waals surface area contributed by atoms with Gasteiger partial charge in [-0.05, 0) is 33.2 Å². The molecule has 1 aromatic rings. The van der Waals surface area contributed by atoms with Crippen molar-refractivity contribution in [3.8, 4) is 0 Å². The lowest BCUT2D eigenvalue weighted by atomic mass is 10.1. The van der Waals surface area contributed by atoms with Gasteiger partial charge in [-0.25, -0.2) is 0 Å². The summed E-state index contributed by atoms with van der Waals surface area (Å²) in [6.45, 7) is 7.39. The molecule has 1 saturated heterocycles. The topological polar surface area (TPSA) is 61.6 Å². The van der Waals surface area contributed by atoms with Crippen LogP contribution in [0.2, 0.25) is 0 Å². The fourth-order valence-corrected chi connectivity index (χ4v) is 2.79. The summed E-state index contributed by atoms with van der Waals surface area (Å²) < 4.78 is 1.94. The number of likely N-dealkylation sites (tertiary alicyclic amines) is 1. The molecule has 21 heavy (non-hydrogen) atoms. The Labute approximate surface area is 126 Å². The van der Waals surface area contributed by atoms with Gasteiger partial charge in [-0.3, -0.25) is 14.4 Å². The average molecular weight is 294 g/mol. The van der Waals surface area contributed by atoms with E-state index in [1.54, 1.807) is 4.90 Å². The number of hydrogen-bond donors (Lipinski definition) is 1. The van der Waals surface area contributed by atoms with Gasteiger partial charge >= 0.3 is 0 Å². The third-order valence-corrected chi connectivity index (χ3v) is 4.18. The molecule has 118 valence electrons. The Morgan fingerprint density at radius 3 is 2.95 bits per heavy atom. The van der Waals surface area contributed by atoms with Crippen molar-refractivity contribution in [2.45, 2.75) is 45.9 Å². The van der Waals surface area contributed by atoms with Gasteiger partial charge in [0.05, 0.1) is 18.8 Å². The Bertz CT molecular complexity index is 486. The molecule has 0 aromatic carbocycles. The number of rotatable bonds is 5. The second-order valence-electron chi connectivity index (χ2n) is 5.85. The standard InChI is InChI=1S/C15H26N4O2/c1-4-19-12(2)13(8-16-19)9-17(3)15(21)11-18-7-5-6-14(20)10-18/h8,14,20H,4-7,9-11H2,1-3H3/t14-/m0/s1. The van der Waals surface area contributed by atoms with Crippen LogP contribution < -0.4 is 0 Å². The lowest BCUT2D eigenvalue weighted by Gasteiger charge is -2.30. The Kier molecular flexibility index (Phi) is 5.36. The van der Waals surface area contributed by atoms with E-state index in [1.807, 2.05) is 29.7 Å². The summed E-state index contributed by atoms with van der Waals surface area (Å²) in [5, 5.41) is 14.0. The number of likely N-dealkylation sites (N-methyl/N-ethyl adjacent to an activating group) is 1. The summed E-state index contributed by atoms with van der Waals surface area (Å²) in [6.07, 6.45) is 3.35. The number of aliphatic hydroxyl groups is 1. The number of carbonyl (C=O) groups excluding carboxylic acids is 1. The second-order valence-corrected chi connectivity index (χ2v) is 5.85. The minimum atomic E-state index is -0.290. The maximum atomic E-state index is 12.3. The number of aliphatic hydroxyl groups excluding tert-OH is 1. The first kappa shape index (κ1) is 16.0. The zero-order valence-electron chi connectivity index (χ0n) is 13.2. The number of piperidine rings is 1. The van der Waals surface area contributed by atoms with Crippen LogP contribution in [0.4, 0.5) is 0 Å². The van der Waals surface area contributed by atoms with E-state index in [0.29, 0.717) is 19.6 Å². The molecule has 2 rings (SSSR count). The Hall–Kier alpha value is -1.40. The third kappa shape index (κ3) is 4.04. The van der Waals surface area contributed by atoms with Crippen LogP contribution in [-0.2, 0) is 17.9 Å². The molecule has 6 nitrogen and oxygen atoms in total. The SMILES string of the molecule is CCn1ncc(CN(C)C(=O)CN2CCC[C@H](O)C2)c1C. The van der Waals surface area contributed by atoms with Crippen LogP contribution in [0.1, 0.15) is 31.0 Å². The lowest BCUT2D eigenvalue weighted by molar-refractivity contribution is -0.132. The van der Waals surface area contributed by atoms with Crippen LogP contribution in [0.15, 0.2) is 6.20 Å². The molecule has 0 aliphatic carbocycles. The zero-order chi connectivity index (χ0) is 15.4. The van der Waals surface area contributed by atoms with Gasteiger partial charge < -0.3 is 10.0 Å². The highest BCUT2D eigenvalue weighted by molar-refractivity contribution is 5.78. The van der Waals surface area contributed by atoms with Crippen molar-refractivity contribution in [1.29, 1.82) is 0 Å². The number of amides is 1. The highest BCUT2D eigenvalue weighted by atomic mass is 16.3. The van der Waals surface area contributed by atoms with Crippen molar-refractivity contribution >= 4 is 5.91 Å². The average Bonchev–Trinajstić information content (AvgIpc) is 2.79. The van der Waals surface area contributed by atoms with Gasteiger partial charge in [-0.2, -0.15) is 5.10 Å². The Morgan fingerprint density at radius 1 is 1.57 bits per heavy atom. The van der Waals surface area contributed by atoms with Crippen molar-refractivity contribution in [3.63, 3.8) is 0 Å². The van der Waals surface area contributed by atoms with Crippen LogP contribution in [-0.4, -0.2) is 63.4 Å². The normalized spacial score (nSPS) is 19.7. The van der Waals surface area contributed by atoms with Gasteiger partial charge in [-0.15, -0.1) is 0 Å². The van der Waals surface area contributed by atoms with E-state index in [2.05, 4.69) is 12.0 Å². The second kappa shape index (κ2) is 7.04. The van der Waals surface area contributed by atoms with Crippen molar-refractivity contribution in [2.75, 3.05) is 26.7 Å². The van der Waals surface area contributed by atoms with Gasteiger partial charge in [0.1, 0.15) is 0 Å². The molecule has 1 aromatic heterocycles. The fraction of sp³-hybridized carbons (Fsp3) is 0.733. The van der Waals surface area contributed by atoms with Crippen LogP contribution in [0.3, 0.4) is 0 Å². The molecule has 0 radical (unpaired) electrons. The van der Waals surface area contributed by atoms with Crippen molar-refractivity contribution < 1.29 is 9.90 Å². The predicted molar refractivity (Wildman–Crippen MR) is 80.8 cm³/mol. The molecule has 2 heterocycles. The van der Waals surface area contributed by atoms with Crippen LogP contribution >= 0.6 is 0 Å². The summed E-state index contributed by atoms with van der Waals surface area (Å²) in [7, 11) is 1.82. The summed E-state index contributed by atoms with van der Waals surface area (Å²) in [6, 6.07) is 0. The van der Waals surface area contributed by atoms with Crippen LogP contribution in [0, 0.1) is 6.92 Å². The maximum absolute atomic E-state index is 12.3. The molecule has 1 fully saturated rings. The van der Waals surface area contributed by atoms with Crippen molar-refractivity contribution in [2.24, 2.45) is 0 Å². The molecule has 0 saturated carbocycles. The van der Waals surface area contributed by atoms with Gasteiger partial charge in [0.15, 0.2) is 0 Å². The number of nitrogens with zero attached hydrogens (tertiary/aromatic N) is 4. The predicted octanol–water partition coefficient (Wildman–Crippen LogP) is 0.627. The largest absolute Gasteiger partial charge is 0.392 e. The highest BCUT2D eigenvalue weighted by Crippen LogP contribution is 2.12. The summed E-state index contributed by atoms with van der Waals surface area (Å²) in [4.78, 5) is 16.1. The summed E-state index contributed by atoms with van der Waals surface area (Å²) >= 11 is 0. The van der Waals surface area contributed by atoms with Crippen molar-refractivity contribution in [3.05, 3.63) is 17.5 Å². The zero-order valence-corrected chi connectivity index (χ0v) is 13.2. The molecule has 6 heteroatoms. The molecule has 1 amide bonds. The molecule has 1 aliphatic heterocycles. The van der Waals surface area contributed by atoms with E-state index in [0.717, 1.165) is 37.2 Å². The minimum Gasteiger partial charge on any atom is -0.392 e. The molecule has 0 unspecified atom stereocenters. The number of aryl methyl sites for hydroxylation is 1. The third-order valence-electron chi connectivity index (χ3n) is 4.18. The number of aromatic nitrogens is 2. The Morgan fingerprint density at radius 2 is 2.33 bits per heavy atom. The molecular formula is C15H26N4O2. The number of carbonyl (C=O) groups is 1. The quantitative estimate of drug-likeness (QED) is 0.865.